The van der Waals surface area contributed by atoms with Crippen molar-refractivity contribution in [1.82, 2.24) is 5.32 Å². The normalized spacial score (nSPS) is 11.4. The first-order valence-corrected chi connectivity index (χ1v) is 5.10. The maximum Gasteiger partial charge on any atom is 0.0962 e. The van der Waals surface area contributed by atoms with E-state index < -0.39 is 0 Å². The summed E-state index contributed by atoms with van der Waals surface area (Å²) in [4.78, 5) is 4.20. The van der Waals surface area contributed by atoms with Crippen LogP contribution in [0.25, 0.3) is 0 Å². The number of amidine groups is 1. The van der Waals surface area contributed by atoms with Gasteiger partial charge in [-0.05, 0) is 18.9 Å². The van der Waals surface area contributed by atoms with Gasteiger partial charge in [-0.1, -0.05) is 30.3 Å². The highest BCUT2D eigenvalue weighted by molar-refractivity contribution is 5.82. The largest absolute Gasteiger partial charge is 0.374 e. The van der Waals surface area contributed by atoms with Crippen LogP contribution >= 0.6 is 0 Å². The first-order chi connectivity index (χ1) is 6.86. The highest BCUT2D eigenvalue weighted by Gasteiger charge is 1.97. The van der Waals surface area contributed by atoms with E-state index >= 15 is 0 Å². The molecule has 0 bridgehead atoms. The van der Waals surface area contributed by atoms with Gasteiger partial charge in [-0.3, -0.25) is 4.99 Å². The molecular formula is C12H18N2. The second kappa shape index (κ2) is 6.19. The molecular weight excluding hydrogens is 172 g/mol. The summed E-state index contributed by atoms with van der Waals surface area (Å²) in [5, 5.41) is 3.25. The second-order valence-electron chi connectivity index (χ2n) is 3.19. The predicted molar refractivity (Wildman–Crippen MR) is 61.8 cm³/mol. The molecule has 0 heterocycles. The number of nitrogens with one attached hydrogen (secondary N) is 1. The number of aryl methyl sites for hydroxylation is 1. The third-order valence-corrected chi connectivity index (χ3v) is 2.14. The van der Waals surface area contributed by atoms with Crippen LogP contribution in [0.3, 0.4) is 0 Å². The molecule has 2 nitrogen and oxygen atoms in total. The van der Waals surface area contributed by atoms with Gasteiger partial charge in [0.25, 0.3) is 0 Å². The second-order valence-corrected chi connectivity index (χ2v) is 3.19. The first kappa shape index (κ1) is 10.8. The number of nitrogens with zero attached hydrogens (tertiary/aromatic N) is 1. The van der Waals surface area contributed by atoms with E-state index in [-0.39, 0.29) is 0 Å². The molecule has 0 saturated heterocycles. The quantitative estimate of drug-likeness (QED) is 0.571. The summed E-state index contributed by atoms with van der Waals surface area (Å²) in [6.45, 7) is 3.04. The minimum atomic E-state index is 0.946. The summed E-state index contributed by atoms with van der Waals surface area (Å²) in [6.07, 6.45) is 2.05. The standard InChI is InChI=1S/C12H18N2/c1-3-14-12(13-2)10-9-11-7-5-4-6-8-11/h4-8H,3,9-10H2,1-2H3,(H,13,14). The molecule has 0 aliphatic heterocycles. The number of rotatable bonds is 4. The van der Waals surface area contributed by atoms with Crippen LogP contribution in [0.5, 0.6) is 0 Å². The Labute approximate surface area is 86.1 Å². The molecule has 0 aliphatic rings. The number of aliphatic imine (C=N–C) groups is 1. The zero-order valence-electron chi connectivity index (χ0n) is 8.96. The van der Waals surface area contributed by atoms with Crippen molar-refractivity contribution >= 4 is 5.84 Å². The fourth-order valence-corrected chi connectivity index (χ4v) is 1.39. The molecule has 0 saturated carbocycles. The summed E-state index contributed by atoms with van der Waals surface area (Å²) >= 11 is 0. The van der Waals surface area contributed by atoms with E-state index in [1.54, 1.807) is 0 Å². The van der Waals surface area contributed by atoms with Gasteiger partial charge in [-0.2, -0.15) is 0 Å². The van der Waals surface area contributed by atoms with Crippen molar-refractivity contribution in [2.75, 3.05) is 13.6 Å². The Bertz CT molecular complexity index is 278. The Kier molecular flexibility index (Phi) is 4.76. The fraction of sp³-hybridized carbons (Fsp3) is 0.417. The zero-order chi connectivity index (χ0) is 10.2. The maximum absolute atomic E-state index is 4.20. The van der Waals surface area contributed by atoms with Crippen LogP contribution in [0.2, 0.25) is 0 Å². The van der Waals surface area contributed by atoms with Crippen molar-refractivity contribution in [2.45, 2.75) is 19.8 Å². The number of benzene rings is 1. The average Bonchev–Trinajstić information content (AvgIpc) is 2.25. The topological polar surface area (TPSA) is 24.4 Å². The number of hydrogen-bond acceptors (Lipinski definition) is 1. The van der Waals surface area contributed by atoms with Gasteiger partial charge in [0.15, 0.2) is 0 Å². The Morgan fingerprint density at radius 2 is 2.00 bits per heavy atom. The molecule has 1 aromatic carbocycles. The highest BCUT2D eigenvalue weighted by atomic mass is 15.0. The molecule has 76 valence electrons. The molecule has 2 heteroatoms. The Morgan fingerprint density at radius 1 is 1.29 bits per heavy atom. The van der Waals surface area contributed by atoms with Crippen LogP contribution < -0.4 is 5.32 Å². The van der Waals surface area contributed by atoms with Gasteiger partial charge >= 0.3 is 0 Å². The third-order valence-electron chi connectivity index (χ3n) is 2.14. The summed E-state index contributed by atoms with van der Waals surface area (Å²) < 4.78 is 0. The van der Waals surface area contributed by atoms with Gasteiger partial charge < -0.3 is 5.32 Å². The lowest BCUT2D eigenvalue weighted by Crippen LogP contribution is -2.23. The van der Waals surface area contributed by atoms with Crippen molar-refractivity contribution in [3.05, 3.63) is 35.9 Å². The molecule has 0 aromatic heterocycles. The van der Waals surface area contributed by atoms with Gasteiger partial charge in [0.05, 0.1) is 5.84 Å². The van der Waals surface area contributed by atoms with E-state index in [1.165, 1.54) is 5.56 Å². The molecule has 0 amide bonds. The number of hydrogen-bond donors (Lipinski definition) is 1. The van der Waals surface area contributed by atoms with Crippen LogP contribution in [0.4, 0.5) is 0 Å². The average molecular weight is 190 g/mol. The van der Waals surface area contributed by atoms with E-state index in [4.69, 9.17) is 0 Å². The molecule has 0 radical (unpaired) electrons. The Hall–Kier alpha value is -1.31. The molecule has 1 N–H and O–H groups in total. The molecule has 0 spiro atoms. The first-order valence-electron chi connectivity index (χ1n) is 5.10. The molecule has 1 rings (SSSR count). The van der Waals surface area contributed by atoms with E-state index in [0.29, 0.717) is 0 Å². The van der Waals surface area contributed by atoms with Crippen molar-refractivity contribution in [1.29, 1.82) is 0 Å². The summed E-state index contributed by atoms with van der Waals surface area (Å²) in [7, 11) is 1.84. The maximum atomic E-state index is 4.20. The monoisotopic (exact) mass is 190 g/mol. The zero-order valence-corrected chi connectivity index (χ0v) is 8.96. The minimum absolute atomic E-state index is 0.946. The van der Waals surface area contributed by atoms with Crippen LogP contribution in [0.1, 0.15) is 18.9 Å². The lowest BCUT2D eigenvalue weighted by Gasteiger charge is -2.06. The van der Waals surface area contributed by atoms with Gasteiger partial charge in [-0.25, -0.2) is 0 Å². The third kappa shape index (κ3) is 3.60. The molecule has 0 fully saturated rings. The van der Waals surface area contributed by atoms with E-state index in [9.17, 15) is 0 Å². The smallest absolute Gasteiger partial charge is 0.0962 e. The summed E-state index contributed by atoms with van der Waals surface area (Å²) in [5.41, 5.74) is 1.37. The van der Waals surface area contributed by atoms with Crippen LogP contribution in [0.15, 0.2) is 35.3 Å². The van der Waals surface area contributed by atoms with Crippen LogP contribution in [-0.2, 0) is 6.42 Å². The van der Waals surface area contributed by atoms with Crippen LogP contribution in [-0.4, -0.2) is 19.4 Å². The highest BCUT2D eigenvalue weighted by Crippen LogP contribution is 2.02. The fourth-order valence-electron chi connectivity index (χ4n) is 1.39. The summed E-state index contributed by atoms with van der Waals surface area (Å²) in [6, 6.07) is 10.5. The van der Waals surface area contributed by atoms with Crippen molar-refractivity contribution < 1.29 is 0 Å². The van der Waals surface area contributed by atoms with Crippen molar-refractivity contribution in [3.63, 3.8) is 0 Å². The van der Waals surface area contributed by atoms with E-state index in [1.807, 2.05) is 13.1 Å². The van der Waals surface area contributed by atoms with Crippen molar-refractivity contribution in [3.8, 4) is 0 Å². The van der Waals surface area contributed by atoms with Gasteiger partial charge in [0.2, 0.25) is 0 Å². The van der Waals surface area contributed by atoms with Gasteiger partial charge in [0.1, 0.15) is 0 Å². The van der Waals surface area contributed by atoms with Gasteiger partial charge in [0, 0.05) is 20.0 Å². The molecule has 0 unspecified atom stereocenters. The van der Waals surface area contributed by atoms with E-state index in [0.717, 1.165) is 25.2 Å². The Balaban J connectivity index is 2.40. The molecule has 14 heavy (non-hydrogen) atoms. The van der Waals surface area contributed by atoms with Crippen molar-refractivity contribution in [2.24, 2.45) is 4.99 Å². The predicted octanol–water partition coefficient (Wildman–Crippen LogP) is 2.26. The van der Waals surface area contributed by atoms with E-state index in [2.05, 4.69) is 41.5 Å². The van der Waals surface area contributed by atoms with Gasteiger partial charge in [-0.15, -0.1) is 0 Å². The Morgan fingerprint density at radius 3 is 2.57 bits per heavy atom. The van der Waals surface area contributed by atoms with Crippen LogP contribution in [0, 0.1) is 0 Å². The molecule has 0 aliphatic carbocycles. The lowest BCUT2D eigenvalue weighted by molar-refractivity contribution is 0.898. The SMILES string of the molecule is CCNC(CCc1ccccc1)=NC. The molecule has 0 atom stereocenters. The molecule has 1 aromatic rings. The lowest BCUT2D eigenvalue weighted by atomic mass is 10.1. The summed E-state index contributed by atoms with van der Waals surface area (Å²) in [5.74, 6) is 1.09. The minimum Gasteiger partial charge on any atom is -0.374 e.